The van der Waals surface area contributed by atoms with E-state index in [2.05, 4.69) is 34.8 Å². The Morgan fingerprint density at radius 3 is 2.27 bits per heavy atom. The zero-order chi connectivity index (χ0) is 38.1. The summed E-state index contributed by atoms with van der Waals surface area (Å²) >= 11 is 14.0. The van der Waals surface area contributed by atoms with E-state index < -0.39 is 44.4 Å². The van der Waals surface area contributed by atoms with Crippen molar-refractivity contribution in [2.75, 3.05) is 37.8 Å². The number of esters is 3. The molecule has 1 unspecified atom stereocenters. The Labute approximate surface area is 345 Å². The Bertz CT molecular complexity index is 1980. The van der Waals surface area contributed by atoms with Crippen molar-refractivity contribution in [3.63, 3.8) is 0 Å². The molecule has 4 rings (SSSR count). The number of halogens is 3. The number of ether oxygens (including phenoxy) is 4. The van der Waals surface area contributed by atoms with Crippen LogP contribution in [-0.4, -0.2) is 86.0 Å². The summed E-state index contributed by atoms with van der Waals surface area (Å²) in [5.41, 5.74) is -0.850. The largest absolute Gasteiger partial charge is 1.00 e. The molecule has 0 radical (unpaired) electrons. The quantitative estimate of drug-likeness (QED) is 0.134. The monoisotopic (exact) mass is 901 g/mol. The van der Waals surface area contributed by atoms with Crippen molar-refractivity contribution in [3.8, 4) is 6.01 Å². The second kappa shape index (κ2) is 19.7. The van der Waals surface area contributed by atoms with Crippen molar-refractivity contribution in [2.24, 2.45) is 5.10 Å². The van der Waals surface area contributed by atoms with Crippen LogP contribution >= 0.6 is 45.8 Å². The molecule has 1 aromatic heterocycles. The van der Waals surface area contributed by atoms with Gasteiger partial charge in [0.15, 0.2) is 17.5 Å². The molecule has 2 aromatic carbocycles. The smallest absolute Gasteiger partial charge is 0.467 e. The van der Waals surface area contributed by atoms with Gasteiger partial charge >= 0.3 is 53.5 Å². The summed E-state index contributed by atoms with van der Waals surface area (Å²) < 4.78 is 48.2. The summed E-state index contributed by atoms with van der Waals surface area (Å²) in [5.74, 6) is -1.94. The first-order valence-electron chi connectivity index (χ1n) is 14.6. The first-order chi connectivity index (χ1) is 24.0. The van der Waals surface area contributed by atoms with Crippen LogP contribution in [-0.2, 0) is 33.8 Å². The zero-order valence-corrected chi connectivity index (χ0v) is 35.4. The number of carbonyl (C=O) groups is 4. The van der Waals surface area contributed by atoms with E-state index in [-0.39, 0.29) is 78.3 Å². The van der Waals surface area contributed by atoms with E-state index in [1.165, 1.54) is 37.2 Å². The summed E-state index contributed by atoms with van der Waals surface area (Å²) in [6.45, 7) is 7.02. The van der Waals surface area contributed by atoms with E-state index in [0.29, 0.717) is 19.3 Å². The van der Waals surface area contributed by atoms with Crippen LogP contribution in [0.4, 0.5) is 16.4 Å². The number of aryl methyl sites for hydroxylation is 1. The van der Waals surface area contributed by atoms with Gasteiger partial charge in [0.05, 0.1) is 48.6 Å². The van der Waals surface area contributed by atoms with Gasteiger partial charge in [-0.05, 0) is 86.7 Å². The number of hydrogen-bond acceptors (Lipinski definition) is 15. The molecule has 0 saturated heterocycles. The molecule has 22 heteroatoms. The van der Waals surface area contributed by atoms with Crippen LogP contribution in [0.5, 0.6) is 6.01 Å². The molecule has 2 heterocycles. The number of methoxy groups -OCH3 is 2. The predicted molar refractivity (Wildman–Crippen MR) is 194 cm³/mol. The Balaban J connectivity index is 0.000000356. The molecule has 0 aliphatic carbocycles. The number of urea groups is 1. The third kappa shape index (κ3) is 11.3. The van der Waals surface area contributed by atoms with E-state index in [9.17, 15) is 27.6 Å². The van der Waals surface area contributed by atoms with E-state index in [1.807, 2.05) is 22.6 Å². The number of nitrogens with one attached hydrogen (secondary N) is 1. The molecule has 0 spiro atoms. The van der Waals surface area contributed by atoms with Crippen molar-refractivity contribution in [1.29, 1.82) is 0 Å². The van der Waals surface area contributed by atoms with Crippen LogP contribution in [0.3, 0.4) is 0 Å². The van der Waals surface area contributed by atoms with Crippen molar-refractivity contribution < 1.29 is 76.1 Å². The molecule has 0 saturated carbocycles. The fourth-order valence-electron chi connectivity index (χ4n) is 4.28. The van der Waals surface area contributed by atoms with Crippen LogP contribution in [0.1, 0.15) is 43.4 Å². The summed E-state index contributed by atoms with van der Waals surface area (Å²) in [7, 11) is -2.08. The van der Waals surface area contributed by atoms with Crippen molar-refractivity contribution in [3.05, 3.63) is 66.1 Å². The average Bonchev–Trinajstić information content (AvgIpc) is 3.42. The SMILES string of the molecule is CCOC(=O)C1=NN(c2ccc(Cl)cc2Cl)C(C)(C(=O)OCC)C1.COC(=O)c1ccc(I)cc1S(=O)(=O)[N-]C(=O)Nc1nc(C)nc(OC)n1.[Na+]. The molecule has 1 atom stereocenters. The topological polar surface area (TPSA) is 220 Å². The van der Waals surface area contributed by atoms with Gasteiger partial charge in [0.2, 0.25) is 10.0 Å². The van der Waals surface area contributed by atoms with Gasteiger partial charge in [-0.2, -0.15) is 15.1 Å². The van der Waals surface area contributed by atoms with E-state index in [4.69, 9.17) is 37.4 Å². The molecule has 2 amide bonds. The second-order valence-electron chi connectivity index (χ2n) is 10.2. The summed E-state index contributed by atoms with van der Waals surface area (Å²) in [6.07, 6.45) is 0.0591. The minimum Gasteiger partial charge on any atom is -0.467 e. The Morgan fingerprint density at radius 2 is 1.67 bits per heavy atom. The number of rotatable bonds is 10. The Hall–Kier alpha value is -3.34. The molecular weight excluding hydrogens is 871 g/mol. The maximum Gasteiger partial charge on any atom is 1.00 e. The molecule has 1 aliphatic rings. The number of aromatic nitrogens is 3. The molecule has 3 aromatic rings. The fraction of sp³-hybridized carbons (Fsp3) is 0.333. The average molecular weight is 902 g/mol. The summed E-state index contributed by atoms with van der Waals surface area (Å²) in [5, 5.41) is 8.55. The molecular formula is C30H31Cl2IN7NaO10S. The molecule has 52 heavy (non-hydrogen) atoms. The van der Waals surface area contributed by atoms with Crippen LogP contribution in [0, 0.1) is 10.5 Å². The zero-order valence-electron chi connectivity index (χ0n) is 28.9. The van der Waals surface area contributed by atoms with Crippen LogP contribution in [0.15, 0.2) is 46.4 Å². The minimum absolute atomic E-state index is 0. The number of hydrogen-bond donors (Lipinski definition) is 1. The Kier molecular flexibility index (Phi) is 16.9. The van der Waals surface area contributed by atoms with Gasteiger partial charge in [0.25, 0.3) is 0 Å². The van der Waals surface area contributed by atoms with E-state index >= 15 is 0 Å². The number of hydrazone groups is 1. The number of anilines is 2. The van der Waals surface area contributed by atoms with Gasteiger partial charge in [-0.1, -0.05) is 23.2 Å². The molecule has 0 bridgehead atoms. The molecule has 274 valence electrons. The summed E-state index contributed by atoms with van der Waals surface area (Å²) in [6, 6.07) is 7.49. The van der Waals surface area contributed by atoms with Crippen molar-refractivity contribution >= 4 is 97.1 Å². The first kappa shape index (κ1) is 44.8. The third-order valence-corrected chi connectivity index (χ3v) is 9.03. The fourth-order valence-corrected chi connectivity index (χ4v) is 6.54. The van der Waals surface area contributed by atoms with E-state index in [0.717, 1.165) is 7.11 Å². The maximum absolute atomic E-state index is 12.5. The normalized spacial score (nSPS) is 14.8. The van der Waals surface area contributed by atoms with Gasteiger partial charge in [0, 0.05) is 15.0 Å². The second-order valence-corrected chi connectivity index (χ2v) is 13.8. The predicted octanol–water partition coefficient (Wildman–Crippen LogP) is 2.32. The van der Waals surface area contributed by atoms with Crippen LogP contribution in [0.25, 0.3) is 4.72 Å². The molecule has 17 nitrogen and oxygen atoms in total. The van der Waals surface area contributed by atoms with Gasteiger partial charge in [-0.25, -0.2) is 32.8 Å². The van der Waals surface area contributed by atoms with Crippen LogP contribution < -0.4 is 44.6 Å². The minimum atomic E-state index is -4.51. The van der Waals surface area contributed by atoms with Gasteiger partial charge < -0.3 is 29.0 Å². The van der Waals surface area contributed by atoms with Gasteiger partial charge in [0.1, 0.15) is 11.5 Å². The van der Waals surface area contributed by atoms with Crippen LogP contribution in [0.2, 0.25) is 10.0 Å². The van der Waals surface area contributed by atoms with Gasteiger partial charge in [-0.15, -0.1) is 0 Å². The number of amides is 2. The first-order valence-corrected chi connectivity index (χ1v) is 17.9. The van der Waals surface area contributed by atoms with E-state index in [1.54, 1.807) is 39.0 Å². The molecule has 1 aliphatic heterocycles. The number of sulfonamides is 1. The Morgan fingerprint density at radius 1 is 1.00 bits per heavy atom. The summed E-state index contributed by atoms with van der Waals surface area (Å²) in [4.78, 5) is 59.3. The third-order valence-electron chi connectivity index (χ3n) is 6.52. The molecule has 0 fully saturated rings. The van der Waals surface area contributed by atoms with Gasteiger partial charge in [-0.3, -0.25) is 4.79 Å². The standard InChI is InChI=1S/C16H18Cl2N2O4.C14H14IN5O6S.Na/c1-4-23-14(21)12-9-16(3,15(22)24-5-2)20(19-12)13-7-6-10(17)8-11(13)18;1-7-16-12(19-14(17-7)26-3)18-13(22)20-27(23,24)10-6-8(15)4-5-9(10)11(21)25-2;/h6-8H,4-5,9H2,1-3H3;4-6H,1-3H3,(H2,16,17,18,19,20,22);/q;;+1/p-1. The van der Waals surface area contributed by atoms with Crippen molar-refractivity contribution in [2.45, 2.75) is 44.6 Å². The number of benzene rings is 2. The molecule has 1 N–H and O–H groups in total. The van der Waals surface area contributed by atoms with Crippen molar-refractivity contribution in [1.82, 2.24) is 15.0 Å². The number of carbonyl (C=O) groups excluding carboxylic acids is 4. The maximum atomic E-state index is 12.5. The number of nitrogens with zero attached hydrogens (tertiary/aromatic N) is 6.